The molecule has 1 aliphatic heterocycles. The number of piperazine rings is 1. The molecule has 1 aromatic rings. The molecule has 0 unspecified atom stereocenters. The van der Waals surface area contributed by atoms with Gasteiger partial charge in [0.2, 0.25) is 5.76 Å². The van der Waals surface area contributed by atoms with Crippen LogP contribution in [0.15, 0.2) is 16.7 Å². The smallest absolute Gasteiger partial charge is 0.374 e. The third-order valence-electron chi connectivity index (χ3n) is 3.86. The van der Waals surface area contributed by atoms with Crippen LogP contribution in [0.5, 0.6) is 0 Å². The number of hydrogen-bond acceptors (Lipinski definition) is 6. The van der Waals surface area contributed by atoms with Crippen molar-refractivity contribution in [2.75, 3.05) is 53.4 Å². The molecular weight excluding hydrogens is 270 g/mol. The van der Waals surface area contributed by atoms with Gasteiger partial charge in [0.05, 0.1) is 13.4 Å². The Balaban J connectivity index is 1.62. The van der Waals surface area contributed by atoms with Crippen LogP contribution in [0.25, 0.3) is 0 Å². The van der Waals surface area contributed by atoms with Crippen LogP contribution in [0, 0.1) is 0 Å². The molecule has 0 bridgehead atoms. The van der Waals surface area contributed by atoms with Crippen molar-refractivity contribution in [1.82, 2.24) is 15.1 Å². The second kappa shape index (κ2) is 8.17. The maximum Gasteiger partial charge on any atom is 0.374 e. The van der Waals surface area contributed by atoms with Gasteiger partial charge < -0.3 is 24.3 Å². The highest BCUT2D eigenvalue weighted by atomic mass is 16.5. The molecule has 2 heterocycles. The molecule has 1 aliphatic rings. The van der Waals surface area contributed by atoms with E-state index < -0.39 is 5.97 Å². The molecule has 0 amide bonds. The van der Waals surface area contributed by atoms with Gasteiger partial charge in [0, 0.05) is 38.3 Å². The molecule has 118 valence electrons. The molecule has 1 aromatic heterocycles. The zero-order valence-corrected chi connectivity index (χ0v) is 12.9. The van der Waals surface area contributed by atoms with Crippen LogP contribution < -0.4 is 5.32 Å². The SMILES string of the molecule is COC(=O)c1occc1CNCCCN1CCN(C)CC1. The molecule has 0 saturated carbocycles. The second-order valence-corrected chi connectivity index (χ2v) is 5.44. The van der Waals surface area contributed by atoms with Crippen molar-refractivity contribution >= 4 is 5.97 Å². The summed E-state index contributed by atoms with van der Waals surface area (Å²) in [5, 5.41) is 3.35. The molecule has 2 rings (SSSR count). The first-order valence-corrected chi connectivity index (χ1v) is 7.47. The minimum Gasteiger partial charge on any atom is -0.463 e. The Morgan fingerprint density at radius 1 is 1.38 bits per heavy atom. The van der Waals surface area contributed by atoms with Crippen molar-refractivity contribution in [1.29, 1.82) is 0 Å². The van der Waals surface area contributed by atoms with Gasteiger partial charge in [-0.1, -0.05) is 0 Å². The molecule has 21 heavy (non-hydrogen) atoms. The first-order valence-electron chi connectivity index (χ1n) is 7.47. The van der Waals surface area contributed by atoms with E-state index in [1.165, 1.54) is 13.4 Å². The van der Waals surface area contributed by atoms with Crippen LogP contribution in [0.3, 0.4) is 0 Å². The predicted molar refractivity (Wildman–Crippen MR) is 80.3 cm³/mol. The van der Waals surface area contributed by atoms with E-state index in [1.54, 1.807) is 6.07 Å². The summed E-state index contributed by atoms with van der Waals surface area (Å²) in [6.07, 6.45) is 2.63. The molecule has 1 fully saturated rings. The van der Waals surface area contributed by atoms with E-state index in [-0.39, 0.29) is 0 Å². The topological polar surface area (TPSA) is 58.0 Å². The van der Waals surface area contributed by atoms with E-state index in [1.807, 2.05) is 0 Å². The standard InChI is InChI=1S/C15H25N3O3/c1-17-7-9-18(10-8-17)6-3-5-16-12-13-4-11-21-14(13)15(19)20-2/h4,11,16H,3,5-10,12H2,1-2H3. The molecule has 6 nitrogen and oxygen atoms in total. The Hall–Kier alpha value is -1.37. The van der Waals surface area contributed by atoms with Crippen molar-refractivity contribution in [2.24, 2.45) is 0 Å². The Kier molecular flexibility index (Phi) is 6.22. The number of likely N-dealkylation sites (N-methyl/N-ethyl adjacent to an activating group) is 1. The van der Waals surface area contributed by atoms with Gasteiger partial charge in [0.15, 0.2) is 0 Å². The number of carbonyl (C=O) groups is 1. The second-order valence-electron chi connectivity index (χ2n) is 5.44. The number of methoxy groups -OCH3 is 1. The third kappa shape index (κ3) is 4.84. The minimum absolute atomic E-state index is 0.295. The molecule has 0 aliphatic carbocycles. The Bertz CT molecular complexity index is 439. The Labute approximate surface area is 126 Å². The lowest BCUT2D eigenvalue weighted by molar-refractivity contribution is 0.0563. The average molecular weight is 295 g/mol. The van der Waals surface area contributed by atoms with Crippen LogP contribution in [0.1, 0.15) is 22.5 Å². The number of rotatable bonds is 7. The number of hydrogen-bond donors (Lipinski definition) is 1. The van der Waals surface area contributed by atoms with Gasteiger partial charge in [-0.15, -0.1) is 0 Å². The molecule has 0 aromatic carbocycles. The number of nitrogens with one attached hydrogen (secondary N) is 1. The summed E-state index contributed by atoms with van der Waals surface area (Å²) in [7, 11) is 3.53. The van der Waals surface area contributed by atoms with Crippen LogP contribution >= 0.6 is 0 Å². The monoisotopic (exact) mass is 295 g/mol. The van der Waals surface area contributed by atoms with E-state index in [4.69, 9.17) is 4.42 Å². The summed E-state index contributed by atoms with van der Waals surface area (Å²) < 4.78 is 9.83. The van der Waals surface area contributed by atoms with Gasteiger partial charge in [-0.2, -0.15) is 0 Å². The highest BCUT2D eigenvalue weighted by Crippen LogP contribution is 2.11. The van der Waals surface area contributed by atoms with Crippen LogP contribution in [0.4, 0.5) is 0 Å². The van der Waals surface area contributed by atoms with Crippen LogP contribution in [-0.4, -0.2) is 69.2 Å². The lowest BCUT2D eigenvalue weighted by atomic mass is 10.2. The van der Waals surface area contributed by atoms with Crippen molar-refractivity contribution in [3.63, 3.8) is 0 Å². The quantitative estimate of drug-likeness (QED) is 0.593. The van der Waals surface area contributed by atoms with Gasteiger partial charge in [-0.25, -0.2) is 4.79 Å². The van der Waals surface area contributed by atoms with Gasteiger partial charge in [0.25, 0.3) is 0 Å². The van der Waals surface area contributed by atoms with E-state index in [0.717, 1.165) is 51.3 Å². The Morgan fingerprint density at radius 3 is 2.86 bits per heavy atom. The van der Waals surface area contributed by atoms with Gasteiger partial charge in [-0.3, -0.25) is 0 Å². The van der Waals surface area contributed by atoms with Crippen molar-refractivity contribution < 1.29 is 13.9 Å². The molecule has 0 radical (unpaired) electrons. The van der Waals surface area contributed by atoms with Crippen LogP contribution in [-0.2, 0) is 11.3 Å². The number of nitrogens with zero attached hydrogens (tertiary/aromatic N) is 2. The zero-order valence-electron chi connectivity index (χ0n) is 12.9. The first-order chi connectivity index (χ1) is 10.2. The molecular formula is C15H25N3O3. The van der Waals surface area contributed by atoms with Gasteiger partial charge in [0.1, 0.15) is 0 Å². The summed E-state index contributed by atoms with van der Waals surface area (Å²) in [4.78, 5) is 16.3. The lowest BCUT2D eigenvalue weighted by Crippen LogP contribution is -2.45. The third-order valence-corrected chi connectivity index (χ3v) is 3.86. The largest absolute Gasteiger partial charge is 0.463 e. The Morgan fingerprint density at radius 2 is 2.14 bits per heavy atom. The first kappa shape index (κ1) is 16.0. The van der Waals surface area contributed by atoms with Gasteiger partial charge in [-0.05, 0) is 32.6 Å². The molecule has 1 saturated heterocycles. The van der Waals surface area contributed by atoms with Crippen LogP contribution in [0.2, 0.25) is 0 Å². The zero-order chi connectivity index (χ0) is 15.1. The number of ether oxygens (including phenoxy) is 1. The predicted octanol–water partition coefficient (Wildman–Crippen LogP) is 0.793. The lowest BCUT2D eigenvalue weighted by Gasteiger charge is -2.32. The van der Waals surface area contributed by atoms with E-state index in [2.05, 4.69) is 26.9 Å². The van der Waals surface area contributed by atoms with E-state index in [0.29, 0.717) is 12.3 Å². The van der Waals surface area contributed by atoms with Gasteiger partial charge >= 0.3 is 5.97 Å². The molecule has 0 spiro atoms. The minimum atomic E-state index is -0.422. The maximum absolute atomic E-state index is 11.5. The average Bonchev–Trinajstić information content (AvgIpc) is 2.96. The summed E-state index contributed by atoms with van der Waals surface area (Å²) in [6.45, 7) is 7.31. The van der Waals surface area contributed by atoms with Crippen molar-refractivity contribution in [3.05, 3.63) is 23.7 Å². The van der Waals surface area contributed by atoms with E-state index in [9.17, 15) is 4.79 Å². The number of esters is 1. The maximum atomic E-state index is 11.5. The molecule has 0 atom stereocenters. The normalized spacial score (nSPS) is 17.0. The van der Waals surface area contributed by atoms with E-state index >= 15 is 0 Å². The summed E-state index contributed by atoms with van der Waals surface area (Å²) >= 11 is 0. The highest BCUT2D eigenvalue weighted by molar-refractivity contribution is 5.87. The number of furan rings is 1. The van der Waals surface area contributed by atoms with Crippen molar-refractivity contribution in [3.8, 4) is 0 Å². The van der Waals surface area contributed by atoms with Crippen molar-refractivity contribution in [2.45, 2.75) is 13.0 Å². The summed E-state index contributed by atoms with van der Waals surface area (Å²) in [6, 6.07) is 1.81. The fraction of sp³-hybridized carbons (Fsp3) is 0.667. The molecule has 6 heteroatoms. The summed E-state index contributed by atoms with van der Waals surface area (Å²) in [5.41, 5.74) is 0.849. The fourth-order valence-electron chi connectivity index (χ4n) is 2.47. The molecule has 1 N–H and O–H groups in total. The fourth-order valence-corrected chi connectivity index (χ4v) is 2.47. The number of carbonyl (C=O) groups excluding carboxylic acids is 1. The highest BCUT2D eigenvalue weighted by Gasteiger charge is 2.15. The summed E-state index contributed by atoms with van der Waals surface area (Å²) in [5.74, 6) is -0.127.